The number of hydrogen-bond acceptors (Lipinski definition) is 2. The topological polar surface area (TPSA) is 36.7 Å². The molecule has 0 saturated heterocycles. The van der Waals surface area contributed by atoms with Gasteiger partial charge < -0.3 is 0 Å². The van der Waals surface area contributed by atoms with E-state index in [1.54, 1.807) is 12.3 Å². The summed E-state index contributed by atoms with van der Waals surface area (Å²) in [6.45, 7) is 1.83. The van der Waals surface area contributed by atoms with Crippen molar-refractivity contribution in [3.8, 4) is 18.4 Å². The molecule has 0 aliphatic carbocycles. The maximum Gasteiger partial charge on any atom is 0.112 e. The van der Waals surface area contributed by atoms with Crippen LogP contribution in [0.4, 0.5) is 0 Å². The van der Waals surface area contributed by atoms with Gasteiger partial charge in [-0.25, -0.2) is 4.98 Å². The van der Waals surface area contributed by atoms with Crippen molar-refractivity contribution in [2.24, 2.45) is 0 Å². The van der Waals surface area contributed by atoms with Crippen molar-refractivity contribution in [1.82, 2.24) is 4.98 Å². The van der Waals surface area contributed by atoms with Crippen molar-refractivity contribution >= 4 is 0 Å². The van der Waals surface area contributed by atoms with Crippen LogP contribution < -0.4 is 0 Å². The summed E-state index contributed by atoms with van der Waals surface area (Å²) in [5.74, 6) is 2.30. The van der Waals surface area contributed by atoms with E-state index in [1.807, 2.05) is 13.0 Å². The first-order valence-corrected chi connectivity index (χ1v) is 3.60. The van der Waals surface area contributed by atoms with E-state index in [9.17, 15) is 0 Å². The molecule has 1 atom stereocenters. The van der Waals surface area contributed by atoms with E-state index >= 15 is 0 Å². The highest BCUT2D eigenvalue weighted by molar-refractivity contribution is 5.29. The van der Waals surface area contributed by atoms with E-state index in [4.69, 9.17) is 11.7 Å². The van der Waals surface area contributed by atoms with Gasteiger partial charge in [-0.2, -0.15) is 5.26 Å². The molecule has 1 rings (SSSR count). The van der Waals surface area contributed by atoms with Crippen LogP contribution in [-0.4, -0.2) is 4.98 Å². The molecule has 1 heterocycles. The number of nitrogens with zero attached hydrogens (tertiary/aromatic N) is 2. The Morgan fingerprint density at radius 1 is 1.58 bits per heavy atom. The second-order valence-corrected chi connectivity index (χ2v) is 2.47. The first-order valence-electron chi connectivity index (χ1n) is 3.60. The normalized spacial score (nSPS) is 11.2. The zero-order valence-electron chi connectivity index (χ0n) is 6.78. The van der Waals surface area contributed by atoms with E-state index < -0.39 is 0 Å². The monoisotopic (exact) mass is 156 g/mol. The molecule has 2 nitrogen and oxygen atoms in total. The van der Waals surface area contributed by atoms with Crippen molar-refractivity contribution in [1.29, 1.82) is 5.26 Å². The van der Waals surface area contributed by atoms with E-state index in [2.05, 4.69) is 17.0 Å². The molecule has 0 spiro atoms. The van der Waals surface area contributed by atoms with Crippen molar-refractivity contribution < 1.29 is 0 Å². The van der Waals surface area contributed by atoms with Gasteiger partial charge in [-0.3, -0.25) is 0 Å². The van der Waals surface area contributed by atoms with Crippen molar-refractivity contribution in [2.75, 3.05) is 0 Å². The molecule has 1 unspecified atom stereocenters. The minimum atomic E-state index is -0.121. The average molecular weight is 156 g/mol. The molecule has 0 saturated carbocycles. The molecule has 0 aliphatic heterocycles. The van der Waals surface area contributed by atoms with E-state index in [0.717, 1.165) is 5.56 Å². The van der Waals surface area contributed by atoms with Gasteiger partial charge in [0, 0.05) is 6.20 Å². The van der Waals surface area contributed by atoms with Crippen LogP contribution in [0.3, 0.4) is 0 Å². The van der Waals surface area contributed by atoms with Gasteiger partial charge in [0.1, 0.15) is 5.69 Å². The van der Waals surface area contributed by atoms with Crippen LogP contribution in [0.1, 0.15) is 24.1 Å². The van der Waals surface area contributed by atoms with Gasteiger partial charge in [0.05, 0.1) is 12.0 Å². The van der Waals surface area contributed by atoms with Crippen LogP contribution in [0.25, 0.3) is 0 Å². The number of pyridine rings is 1. The summed E-state index contributed by atoms with van der Waals surface area (Å²) in [5.41, 5.74) is 1.50. The molecule has 0 bridgehead atoms. The SMILES string of the molecule is C#Cc1ccc(C(C)C#N)cn1. The Morgan fingerprint density at radius 2 is 2.33 bits per heavy atom. The molecule has 1 aromatic heterocycles. The highest BCUT2D eigenvalue weighted by Gasteiger charge is 2.02. The van der Waals surface area contributed by atoms with Gasteiger partial charge in [-0.1, -0.05) is 12.0 Å². The van der Waals surface area contributed by atoms with Gasteiger partial charge >= 0.3 is 0 Å². The zero-order chi connectivity index (χ0) is 8.97. The largest absolute Gasteiger partial charge is 0.247 e. The molecule has 0 aliphatic rings. The van der Waals surface area contributed by atoms with Crippen molar-refractivity contribution in [3.63, 3.8) is 0 Å². The smallest absolute Gasteiger partial charge is 0.112 e. The first kappa shape index (κ1) is 8.30. The van der Waals surface area contributed by atoms with Gasteiger partial charge in [0.15, 0.2) is 0 Å². The van der Waals surface area contributed by atoms with Gasteiger partial charge in [0.2, 0.25) is 0 Å². The lowest BCUT2D eigenvalue weighted by Crippen LogP contribution is -1.91. The molecular formula is C10H8N2. The lowest BCUT2D eigenvalue weighted by atomic mass is 10.1. The summed E-state index contributed by atoms with van der Waals surface area (Å²) >= 11 is 0. The molecule has 0 N–H and O–H groups in total. The summed E-state index contributed by atoms with van der Waals surface area (Å²) < 4.78 is 0. The Kier molecular flexibility index (Phi) is 2.46. The highest BCUT2D eigenvalue weighted by Crippen LogP contribution is 2.12. The number of rotatable bonds is 1. The minimum absolute atomic E-state index is 0.121. The van der Waals surface area contributed by atoms with Crippen molar-refractivity contribution in [3.05, 3.63) is 29.6 Å². The van der Waals surface area contributed by atoms with Crippen molar-refractivity contribution in [2.45, 2.75) is 12.8 Å². The predicted octanol–water partition coefficient (Wildman–Crippen LogP) is 1.69. The Balaban J connectivity index is 2.96. The Hall–Kier alpha value is -1.80. The second-order valence-electron chi connectivity index (χ2n) is 2.47. The fraction of sp³-hybridized carbons (Fsp3) is 0.200. The minimum Gasteiger partial charge on any atom is -0.247 e. The van der Waals surface area contributed by atoms with Gasteiger partial charge in [-0.15, -0.1) is 6.42 Å². The summed E-state index contributed by atoms with van der Waals surface area (Å²) in [7, 11) is 0. The second kappa shape index (κ2) is 3.55. The fourth-order valence-corrected chi connectivity index (χ4v) is 0.821. The van der Waals surface area contributed by atoms with E-state index in [1.165, 1.54) is 0 Å². The molecule has 0 fully saturated rings. The third-order valence-electron chi connectivity index (χ3n) is 1.63. The number of aromatic nitrogens is 1. The average Bonchev–Trinajstić information content (AvgIpc) is 2.17. The van der Waals surface area contributed by atoms with Crippen LogP contribution in [0.15, 0.2) is 18.3 Å². The molecule has 12 heavy (non-hydrogen) atoms. The van der Waals surface area contributed by atoms with Crippen LogP contribution >= 0.6 is 0 Å². The summed E-state index contributed by atoms with van der Waals surface area (Å²) in [5, 5.41) is 8.60. The summed E-state index contributed by atoms with van der Waals surface area (Å²) in [6.07, 6.45) is 6.77. The fourth-order valence-electron chi connectivity index (χ4n) is 0.821. The summed E-state index contributed by atoms with van der Waals surface area (Å²) in [4.78, 5) is 3.98. The third-order valence-corrected chi connectivity index (χ3v) is 1.63. The van der Waals surface area contributed by atoms with Gasteiger partial charge in [0.25, 0.3) is 0 Å². The Labute approximate surface area is 71.9 Å². The van der Waals surface area contributed by atoms with Crippen LogP contribution in [-0.2, 0) is 0 Å². The first-order chi connectivity index (χ1) is 5.77. The molecule has 0 radical (unpaired) electrons. The van der Waals surface area contributed by atoms with Crippen LogP contribution in [0, 0.1) is 23.7 Å². The molecule has 58 valence electrons. The third kappa shape index (κ3) is 1.62. The lowest BCUT2D eigenvalue weighted by molar-refractivity contribution is 0.965. The number of nitriles is 1. The Bertz CT molecular complexity index is 338. The standard InChI is InChI=1S/C10H8N2/c1-3-10-5-4-9(7-12-10)8(2)6-11/h1,4-5,7-8H,2H3. The quantitative estimate of drug-likeness (QED) is 0.580. The highest BCUT2D eigenvalue weighted by atomic mass is 14.7. The molecule has 1 aromatic rings. The number of hydrogen-bond donors (Lipinski definition) is 0. The number of terminal acetylenes is 1. The lowest BCUT2D eigenvalue weighted by Gasteiger charge is -2.00. The maximum atomic E-state index is 8.60. The molecule has 0 amide bonds. The Morgan fingerprint density at radius 3 is 2.75 bits per heavy atom. The molecule has 2 heteroatoms. The zero-order valence-corrected chi connectivity index (χ0v) is 6.78. The summed E-state index contributed by atoms with van der Waals surface area (Å²) in [6, 6.07) is 5.70. The van der Waals surface area contributed by atoms with E-state index in [-0.39, 0.29) is 5.92 Å². The van der Waals surface area contributed by atoms with E-state index in [0.29, 0.717) is 5.69 Å². The predicted molar refractivity (Wildman–Crippen MR) is 46.2 cm³/mol. The van der Waals surface area contributed by atoms with Crippen LogP contribution in [0.2, 0.25) is 0 Å². The molecular weight excluding hydrogens is 148 g/mol. The molecule has 0 aromatic carbocycles. The van der Waals surface area contributed by atoms with Crippen LogP contribution in [0.5, 0.6) is 0 Å². The maximum absolute atomic E-state index is 8.60. The van der Waals surface area contributed by atoms with Gasteiger partial charge in [-0.05, 0) is 18.6 Å².